The summed E-state index contributed by atoms with van der Waals surface area (Å²) in [6.45, 7) is 20.2. The normalized spacial score (nSPS) is 14.1. The maximum absolute atomic E-state index is 4.93. The van der Waals surface area contributed by atoms with Gasteiger partial charge in [-0.15, -0.1) is 0 Å². The molecule has 18 heavy (non-hydrogen) atoms. The van der Waals surface area contributed by atoms with Crippen LogP contribution < -0.4 is 0 Å². The van der Waals surface area contributed by atoms with Gasteiger partial charge in [-0.25, -0.2) is 4.98 Å². The molecule has 0 saturated carbocycles. The van der Waals surface area contributed by atoms with Crippen molar-refractivity contribution in [3.63, 3.8) is 0 Å². The highest BCUT2D eigenvalue weighted by atomic mass is 15.0. The second kappa shape index (κ2) is 4.40. The summed E-state index contributed by atoms with van der Waals surface area (Å²) in [6, 6.07) is 0. The van der Waals surface area contributed by atoms with E-state index in [0.29, 0.717) is 0 Å². The number of nitrogens with one attached hydrogen (secondary N) is 1. The molecule has 0 unspecified atom stereocenters. The highest BCUT2D eigenvalue weighted by Crippen LogP contribution is 2.35. The number of nitrogens with zero attached hydrogens (tertiary/aromatic N) is 1. The van der Waals surface area contributed by atoms with Crippen molar-refractivity contribution in [2.45, 2.75) is 85.0 Å². The van der Waals surface area contributed by atoms with Crippen LogP contribution >= 0.6 is 0 Å². The molecule has 0 aliphatic carbocycles. The van der Waals surface area contributed by atoms with E-state index in [0.717, 1.165) is 12.2 Å². The van der Waals surface area contributed by atoms with E-state index >= 15 is 0 Å². The Bertz CT molecular complexity index is 380. The third-order valence-electron chi connectivity index (χ3n) is 3.69. The quantitative estimate of drug-likeness (QED) is 0.810. The van der Waals surface area contributed by atoms with Crippen molar-refractivity contribution < 1.29 is 0 Å². The molecule has 0 radical (unpaired) electrons. The molecule has 1 aromatic heterocycles. The van der Waals surface area contributed by atoms with Gasteiger partial charge >= 0.3 is 0 Å². The summed E-state index contributed by atoms with van der Waals surface area (Å²) in [5, 5.41) is 0. The van der Waals surface area contributed by atoms with Crippen LogP contribution in [0.15, 0.2) is 0 Å². The highest BCUT2D eigenvalue weighted by Gasteiger charge is 2.32. The molecule has 0 fully saturated rings. The molecular formula is C16H30N2. The Hall–Kier alpha value is -0.790. The summed E-state index contributed by atoms with van der Waals surface area (Å²) in [7, 11) is 0. The molecule has 0 saturated heterocycles. The monoisotopic (exact) mass is 250 g/mol. The Kier molecular flexibility index (Phi) is 3.73. The maximum atomic E-state index is 4.93. The van der Waals surface area contributed by atoms with Crippen molar-refractivity contribution in [3.05, 3.63) is 17.2 Å². The van der Waals surface area contributed by atoms with Crippen molar-refractivity contribution in [2.75, 3.05) is 0 Å². The van der Waals surface area contributed by atoms with Gasteiger partial charge in [-0.05, 0) is 6.42 Å². The minimum Gasteiger partial charge on any atom is -0.345 e. The summed E-state index contributed by atoms with van der Waals surface area (Å²) in [5.74, 6) is 1.12. The first-order valence-corrected chi connectivity index (χ1v) is 7.01. The molecule has 0 atom stereocenters. The van der Waals surface area contributed by atoms with Crippen LogP contribution in [0.4, 0.5) is 0 Å². The number of rotatable bonds is 2. The van der Waals surface area contributed by atoms with E-state index in [2.05, 4.69) is 67.3 Å². The number of aromatic amines is 1. The lowest BCUT2D eigenvalue weighted by atomic mass is 9.82. The van der Waals surface area contributed by atoms with Crippen molar-refractivity contribution in [2.24, 2.45) is 0 Å². The molecule has 0 aliphatic heterocycles. The fourth-order valence-corrected chi connectivity index (χ4v) is 1.95. The van der Waals surface area contributed by atoms with E-state index in [4.69, 9.17) is 4.98 Å². The molecule has 0 bridgehead atoms. The molecule has 0 aliphatic rings. The lowest BCUT2D eigenvalue weighted by Gasteiger charge is -2.24. The SMILES string of the molecule is CCC(C)(C)c1nc(C(C)(C)C)c(C(C)(C)C)[nH]1. The molecule has 104 valence electrons. The average molecular weight is 250 g/mol. The number of imidazole rings is 1. The number of hydrogen-bond donors (Lipinski definition) is 1. The fraction of sp³-hybridized carbons (Fsp3) is 0.812. The molecule has 0 amide bonds. The van der Waals surface area contributed by atoms with Crippen molar-refractivity contribution in [3.8, 4) is 0 Å². The van der Waals surface area contributed by atoms with Crippen molar-refractivity contribution in [1.82, 2.24) is 9.97 Å². The van der Waals surface area contributed by atoms with Gasteiger partial charge in [-0.1, -0.05) is 62.3 Å². The van der Waals surface area contributed by atoms with Gasteiger partial charge in [0.15, 0.2) is 0 Å². The average Bonchev–Trinajstić information content (AvgIpc) is 2.61. The first-order valence-electron chi connectivity index (χ1n) is 7.01. The molecule has 2 nitrogen and oxygen atoms in total. The smallest absolute Gasteiger partial charge is 0.112 e. The van der Waals surface area contributed by atoms with Gasteiger partial charge in [0, 0.05) is 21.9 Å². The van der Waals surface area contributed by atoms with Crippen molar-refractivity contribution in [1.29, 1.82) is 0 Å². The van der Waals surface area contributed by atoms with Gasteiger partial charge in [-0.2, -0.15) is 0 Å². The highest BCUT2D eigenvalue weighted by molar-refractivity contribution is 5.29. The maximum Gasteiger partial charge on any atom is 0.112 e. The van der Waals surface area contributed by atoms with Crippen LogP contribution in [0, 0.1) is 0 Å². The number of H-pyrrole nitrogens is 1. The predicted molar refractivity (Wildman–Crippen MR) is 79.3 cm³/mol. The predicted octanol–water partition coefficient (Wildman–Crippen LogP) is 4.69. The Morgan fingerprint density at radius 1 is 0.889 bits per heavy atom. The lowest BCUT2D eigenvalue weighted by molar-refractivity contribution is 0.471. The molecular weight excluding hydrogens is 220 g/mol. The van der Waals surface area contributed by atoms with E-state index in [1.807, 2.05) is 0 Å². The molecule has 2 heteroatoms. The van der Waals surface area contributed by atoms with Crippen LogP contribution in [0.2, 0.25) is 0 Å². The van der Waals surface area contributed by atoms with Crippen LogP contribution in [0.3, 0.4) is 0 Å². The zero-order valence-electron chi connectivity index (χ0n) is 13.7. The standard InChI is InChI=1S/C16H30N2/c1-10-16(8,9)13-17-11(14(2,3)4)12(18-13)15(5,6)7/h10H2,1-9H3,(H,17,18). The first kappa shape index (κ1) is 15.3. The van der Waals surface area contributed by atoms with Crippen LogP contribution in [-0.4, -0.2) is 9.97 Å². The molecule has 1 heterocycles. The van der Waals surface area contributed by atoms with E-state index in [9.17, 15) is 0 Å². The Balaban J connectivity index is 3.43. The summed E-state index contributed by atoms with van der Waals surface area (Å²) >= 11 is 0. The van der Waals surface area contributed by atoms with Gasteiger partial charge in [0.25, 0.3) is 0 Å². The Morgan fingerprint density at radius 3 is 1.67 bits per heavy atom. The lowest BCUT2D eigenvalue weighted by Crippen LogP contribution is -2.21. The van der Waals surface area contributed by atoms with E-state index in [-0.39, 0.29) is 16.2 Å². The van der Waals surface area contributed by atoms with Crippen LogP contribution in [0.25, 0.3) is 0 Å². The minimum absolute atomic E-state index is 0.0845. The van der Waals surface area contributed by atoms with E-state index < -0.39 is 0 Å². The topological polar surface area (TPSA) is 28.7 Å². The van der Waals surface area contributed by atoms with Crippen LogP contribution in [-0.2, 0) is 16.2 Å². The van der Waals surface area contributed by atoms with Crippen molar-refractivity contribution >= 4 is 0 Å². The molecule has 0 aromatic carbocycles. The van der Waals surface area contributed by atoms with Gasteiger partial charge in [0.05, 0.1) is 5.69 Å². The van der Waals surface area contributed by atoms with Gasteiger partial charge in [0.2, 0.25) is 0 Å². The van der Waals surface area contributed by atoms with Crippen LogP contribution in [0.5, 0.6) is 0 Å². The molecule has 1 N–H and O–H groups in total. The van der Waals surface area contributed by atoms with Crippen LogP contribution in [0.1, 0.15) is 85.9 Å². The minimum atomic E-state index is 0.0845. The molecule has 1 aromatic rings. The summed E-state index contributed by atoms with van der Waals surface area (Å²) in [6.07, 6.45) is 1.09. The molecule has 0 spiro atoms. The zero-order valence-corrected chi connectivity index (χ0v) is 13.7. The Labute approximate surface area is 113 Å². The number of aromatic nitrogens is 2. The molecule has 1 rings (SSSR count). The second-order valence-corrected chi connectivity index (χ2v) is 8.05. The summed E-state index contributed by atoms with van der Waals surface area (Å²) in [5.41, 5.74) is 2.81. The number of hydrogen-bond acceptors (Lipinski definition) is 1. The third-order valence-corrected chi connectivity index (χ3v) is 3.69. The first-order chi connectivity index (χ1) is 7.89. The fourth-order valence-electron chi connectivity index (χ4n) is 1.95. The third kappa shape index (κ3) is 2.96. The summed E-state index contributed by atoms with van der Waals surface area (Å²) < 4.78 is 0. The largest absolute Gasteiger partial charge is 0.345 e. The van der Waals surface area contributed by atoms with Gasteiger partial charge < -0.3 is 4.98 Å². The van der Waals surface area contributed by atoms with Gasteiger partial charge in [0.1, 0.15) is 5.82 Å². The van der Waals surface area contributed by atoms with Gasteiger partial charge in [-0.3, -0.25) is 0 Å². The summed E-state index contributed by atoms with van der Waals surface area (Å²) in [4.78, 5) is 8.54. The second-order valence-electron chi connectivity index (χ2n) is 8.05. The Morgan fingerprint density at radius 2 is 1.39 bits per heavy atom. The van der Waals surface area contributed by atoms with E-state index in [1.165, 1.54) is 11.4 Å². The van der Waals surface area contributed by atoms with E-state index in [1.54, 1.807) is 0 Å². The zero-order chi connectivity index (χ0) is 14.4.